The van der Waals surface area contributed by atoms with Gasteiger partial charge in [-0.1, -0.05) is 32.0 Å². The fraction of sp³-hybridized carbons (Fsp3) is 0.500. The fourth-order valence-electron chi connectivity index (χ4n) is 3.32. The summed E-state index contributed by atoms with van der Waals surface area (Å²) in [6.07, 6.45) is 2.47. The van der Waals surface area contributed by atoms with Crippen molar-refractivity contribution >= 4 is 16.7 Å². The van der Waals surface area contributed by atoms with Crippen LogP contribution in [0.4, 0.5) is 5.82 Å². The van der Waals surface area contributed by atoms with Crippen LogP contribution in [0.5, 0.6) is 0 Å². The molecule has 0 radical (unpaired) electrons. The minimum atomic E-state index is 0.0679. The lowest BCUT2D eigenvalue weighted by atomic mass is 9.87. The predicted octanol–water partition coefficient (Wildman–Crippen LogP) is 3.60. The fourth-order valence-corrected chi connectivity index (χ4v) is 3.32. The topological polar surface area (TPSA) is 36.4 Å². The highest BCUT2D eigenvalue weighted by Crippen LogP contribution is 2.29. The summed E-state index contributed by atoms with van der Waals surface area (Å²) in [4.78, 5) is 7.16. The Bertz CT molecular complexity index is 616. The average molecular weight is 284 g/mol. The van der Waals surface area contributed by atoms with Gasteiger partial charge in [-0.3, -0.25) is 0 Å². The van der Waals surface area contributed by atoms with Crippen LogP contribution < -0.4 is 4.90 Å². The van der Waals surface area contributed by atoms with E-state index in [-0.39, 0.29) is 6.61 Å². The molecule has 1 aliphatic rings. The summed E-state index contributed by atoms with van der Waals surface area (Å²) in [5, 5.41) is 10.7. The van der Waals surface area contributed by atoms with Crippen molar-refractivity contribution in [1.82, 2.24) is 4.98 Å². The summed E-state index contributed by atoms with van der Waals surface area (Å²) in [7, 11) is 0. The number of nitrogens with zero attached hydrogens (tertiary/aromatic N) is 2. The van der Waals surface area contributed by atoms with E-state index in [0.29, 0.717) is 0 Å². The molecule has 0 saturated carbocycles. The first-order valence-electron chi connectivity index (χ1n) is 7.93. The predicted molar refractivity (Wildman–Crippen MR) is 87.4 cm³/mol. The summed E-state index contributed by atoms with van der Waals surface area (Å²) < 4.78 is 0. The third kappa shape index (κ3) is 2.88. The summed E-state index contributed by atoms with van der Waals surface area (Å²) in [5.74, 6) is 2.61. The Morgan fingerprint density at radius 1 is 1.24 bits per heavy atom. The van der Waals surface area contributed by atoms with E-state index < -0.39 is 0 Å². The number of aromatic nitrogens is 1. The van der Waals surface area contributed by atoms with E-state index in [0.717, 1.165) is 47.2 Å². The van der Waals surface area contributed by atoms with Crippen LogP contribution in [0, 0.1) is 11.8 Å². The average Bonchev–Trinajstić information content (AvgIpc) is 2.53. The molecule has 1 saturated heterocycles. The van der Waals surface area contributed by atoms with E-state index in [4.69, 9.17) is 4.98 Å². The normalized spacial score (nSPS) is 16.9. The molecule has 1 fully saturated rings. The number of anilines is 1. The summed E-state index contributed by atoms with van der Waals surface area (Å²) >= 11 is 0. The molecular formula is C18H24N2O. The number of fused-ring (bicyclic) bond motifs is 1. The Kier molecular flexibility index (Phi) is 4.11. The van der Waals surface area contributed by atoms with Gasteiger partial charge >= 0.3 is 0 Å². The molecule has 3 heteroatoms. The van der Waals surface area contributed by atoms with E-state index in [1.165, 1.54) is 12.8 Å². The van der Waals surface area contributed by atoms with Gasteiger partial charge in [0.25, 0.3) is 0 Å². The van der Waals surface area contributed by atoms with E-state index in [2.05, 4.69) is 24.8 Å². The van der Waals surface area contributed by atoms with E-state index in [1.54, 1.807) is 0 Å². The molecule has 0 unspecified atom stereocenters. The van der Waals surface area contributed by atoms with E-state index >= 15 is 0 Å². The number of piperidine rings is 1. The third-order valence-electron chi connectivity index (χ3n) is 4.77. The smallest absolute Gasteiger partial charge is 0.129 e. The monoisotopic (exact) mass is 284 g/mol. The number of hydrogen-bond donors (Lipinski definition) is 1. The number of rotatable bonds is 3. The van der Waals surface area contributed by atoms with Crippen LogP contribution in [0.1, 0.15) is 32.3 Å². The SMILES string of the molecule is CC(C)C1CCN(c2cc(CO)c3ccccc3n2)CC1. The first kappa shape index (κ1) is 14.3. The third-order valence-corrected chi connectivity index (χ3v) is 4.77. The zero-order valence-corrected chi connectivity index (χ0v) is 12.9. The Labute approximate surface area is 126 Å². The molecule has 3 nitrogen and oxygen atoms in total. The van der Waals surface area contributed by atoms with Gasteiger partial charge < -0.3 is 10.0 Å². The van der Waals surface area contributed by atoms with Crippen LogP contribution >= 0.6 is 0 Å². The lowest BCUT2D eigenvalue weighted by Gasteiger charge is -2.34. The number of para-hydroxylation sites is 1. The quantitative estimate of drug-likeness (QED) is 0.935. The molecule has 0 atom stereocenters. The minimum Gasteiger partial charge on any atom is -0.392 e. The van der Waals surface area contributed by atoms with Crippen molar-refractivity contribution in [3.63, 3.8) is 0 Å². The molecule has 112 valence electrons. The lowest BCUT2D eigenvalue weighted by molar-refractivity contribution is 0.283. The Balaban J connectivity index is 1.88. The second-order valence-corrected chi connectivity index (χ2v) is 6.38. The van der Waals surface area contributed by atoms with Crippen molar-refractivity contribution in [2.45, 2.75) is 33.3 Å². The molecule has 0 amide bonds. The van der Waals surface area contributed by atoms with Crippen molar-refractivity contribution in [3.8, 4) is 0 Å². The molecule has 0 bridgehead atoms. The van der Waals surface area contributed by atoms with Crippen LogP contribution in [-0.2, 0) is 6.61 Å². The van der Waals surface area contributed by atoms with Gasteiger partial charge in [0.05, 0.1) is 12.1 Å². The van der Waals surface area contributed by atoms with Gasteiger partial charge in [0.2, 0.25) is 0 Å². The van der Waals surface area contributed by atoms with Crippen LogP contribution in [0.3, 0.4) is 0 Å². The first-order chi connectivity index (χ1) is 10.2. The summed E-state index contributed by atoms with van der Waals surface area (Å²) in [6, 6.07) is 10.1. The molecule has 1 aromatic carbocycles. The van der Waals surface area contributed by atoms with Crippen LogP contribution in [0.15, 0.2) is 30.3 Å². The molecular weight excluding hydrogens is 260 g/mol. The molecule has 21 heavy (non-hydrogen) atoms. The second-order valence-electron chi connectivity index (χ2n) is 6.38. The van der Waals surface area contributed by atoms with E-state index in [1.807, 2.05) is 24.3 Å². The van der Waals surface area contributed by atoms with Crippen molar-refractivity contribution in [1.29, 1.82) is 0 Å². The second kappa shape index (κ2) is 6.02. The van der Waals surface area contributed by atoms with Crippen molar-refractivity contribution < 1.29 is 5.11 Å². The van der Waals surface area contributed by atoms with Crippen LogP contribution in [0.25, 0.3) is 10.9 Å². The zero-order chi connectivity index (χ0) is 14.8. The highest BCUT2D eigenvalue weighted by molar-refractivity contribution is 5.84. The Morgan fingerprint density at radius 2 is 1.95 bits per heavy atom. The maximum atomic E-state index is 9.63. The highest BCUT2D eigenvalue weighted by atomic mass is 16.3. The van der Waals surface area contributed by atoms with Gasteiger partial charge in [-0.05, 0) is 42.4 Å². The van der Waals surface area contributed by atoms with Crippen molar-refractivity contribution in [3.05, 3.63) is 35.9 Å². The highest BCUT2D eigenvalue weighted by Gasteiger charge is 2.22. The number of hydrogen-bond acceptors (Lipinski definition) is 3. The van der Waals surface area contributed by atoms with Gasteiger partial charge in [0, 0.05) is 18.5 Å². The number of pyridine rings is 1. The van der Waals surface area contributed by atoms with Gasteiger partial charge in [0.15, 0.2) is 0 Å². The van der Waals surface area contributed by atoms with Crippen LogP contribution in [0.2, 0.25) is 0 Å². The van der Waals surface area contributed by atoms with Gasteiger partial charge in [-0.25, -0.2) is 4.98 Å². The Hall–Kier alpha value is -1.61. The zero-order valence-electron chi connectivity index (χ0n) is 12.9. The molecule has 3 rings (SSSR count). The standard InChI is InChI=1S/C18H24N2O/c1-13(2)14-7-9-20(10-8-14)18-11-15(12-21)16-5-3-4-6-17(16)19-18/h3-6,11,13-14,21H,7-10,12H2,1-2H3. The lowest BCUT2D eigenvalue weighted by Crippen LogP contribution is -2.35. The van der Waals surface area contributed by atoms with Crippen LogP contribution in [-0.4, -0.2) is 23.2 Å². The van der Waals surface area contributed by atoms with Gasteiger partial charge in [-0.2, -0.15) is 0 Å². The number of aliphatic hydroxyl groups excluding tert-OH is 1. The van der Waals surface area contributed by atoms with Crippen molar-refractivity contribution in [2.75, 3.05) is 18.0 Å². The maximum Gasteiger partial charge on any atom is 0.129 e. The van der Waals surface area contributed by atoms with Gasteiger partial charge in [-0.15, -0.1) is 0 Å². The first-order valence-corrected chi connectivity index (χ1v) is 7.93. The van der Waals surface area contributed by atoms with E-state index in [9.17, 15) is 5.11 Å². The Morgan fingerprint density at radius 3 is 2.62 bits per heavy atom. The maximum absolute atomic E-state index is 9.63. The number of aliphatic hydroxyl groups is 1. The molecule has 2 aromatic rings. The van der Waals surface area contributed by atoms with Gasteiger partial charge in [0.1, 0.15) is 5.82 Å². The number of benzene rings is 1. The molecule has 1 N–H and O–H groups in total. The molecule has 1 aromatic heterocycles. The molecule has 1 aliphatic heterocycles. The molecule has 2 heterocycles. The van der Waals surface area contributed by atoms with Crippen molar-refractivity contribution in [2.24, 2.45) is 11.8 Å². The summed E-state index contributed by atoms with van der Waals surface area (Å²) in [5.41, 5.74) is 1.95. The molecule has 0 spiro atoms. The minimum absolute atomic E-state index is 0.0679. The molecule has 0 aliphatic carbocycles. The largest absolute Gasteiger partial charge is 0.392 e. The summed E-state index contributed by atoms with van der Waals surface area (Å²) in [6.45, 7) is 6.84.